The predicted molar refractivity (Wildman–Crippen MR) is 145 cm³/mol. The number of alkyl halides is 3. The van der Waals surface area contributed by atoms with Gasteiger partial charge in [0.1, 0.15) is 11.5 Å². The van der Waals surface area contributed by atoms with Gasteiger partial charge in [0.15, 0.2) is 0 Å². The molecule has 238 valence electrons. The van der Waals surface area contributed by atoms with Gasteiger partial charge in [0.25, 0.3) is 10.2 Å². The Morgan fingerprint density at radius 3 is 2.24 bits per heavy atom. The van der Waals surface area contributed by atoms with E-state index in [0.29, 0.717) is 11.3 Å². The zero-order valence-corrected chi connectivity index (χ0v) is 25.5. The number of carbonyl (C=O) groups excluding carboxylic acids is 1. The molecule has 17 heteroatoms. The quantitative estimate of drug-likeness (QED) is 0.263. The van der Waals surface area contributed by atoms with Gasteiger partial charge in [0.05, 0.1) is 39.0 Å². The normalized spacial score (nSPS) is 23.7. The van der Waals surface area contributed by atoms with Crippen LogP contribution in [-0.2, 0) is 40.5 Å². The molecule has 4 atom stereocenters. The van der Waals surface area contributed by atoms with Crippen molar-refractivity contribution in [1.29, 1.82) is 0 Å². The maximum atomic E-state index is 13.6. The highest BCUT2D eigenvalue weighted by atomic mass is 32.2. The number of ether oxygens (including phenoxy) is 3. The van der Waals surface area contributed by atoms with Crippen molar-refractivity contribution in [2.24, 2.45) is 0 Å². The minimum atomic E-state index is -5.77. The highest BCUT2D eigenvalue weighted by Gasteiger charge is 2.50. The van der Waals surface area contributed by atoms with Gasteiger partial charge >= 0.3 is 21.7 Å². The van der Waals surface area contributed by atoms with E-state index in [4.69, 9.17) is 14.2 Å². The van der Waals surface area contributed by atoms with Gasteiger partial charge in [-0.25, -0.2) is 4.79 Å². The Hall–Kier alpha value is -2.60. The summed E-state index contributed by atoms with van der Waals surface area (Å²) in [5.74, 6) is 0.267. The molecule has 3 rings (SSSR count). The molecule has 1 aliphatic heterocycles. The van der Waals surface area contributed by atoms with E-state index >= 15 is 0 Å². The summed E-state index contributed by atoms with van der Waals surface area (Å²) in [5.41, 5.74) is -4.86. The molecule has 1 aromatic rings. The van der Waals surface area contributed by atoms with Gasteiger partial charge in [-0.15, -0.1) is 0 Å². The maximum Gasteiger partial charge on any atom is 0.534 e. The molecule has 42 heavy (non-hydrogen) atoms. The van der Waals surface area contributed by atoms with Crippen LogP contribution in [0.4, 0.5) is 18.0 Å². The van der Waals surface area contributed by atoms with Crippen LogP contribution in [0.5, 0.6) is 5.75 Å². The molecule has 2 aliphatic rings. The molecular weight excluding hydrogens is 607 g/mol. The van der Waals surface area contributed by atoms with Crippen molar-refractivity contribution in [3.8, 4) is 5.75 Å². The Morgan fingerprint density at radius 1 is 1.10 bits per heavy atom. The van der Waals surface area contributed by atoms with Crippen LogP contribution in [0.15, 0.2) is 36.1 Å². The summed E-state index contributed by atoms with van der Waals surface area (Å²) in [5, 5.41) is 0. The molecule has 0 radical (unpaired) electrons. The molecule has 1 amide bonds. The average Bonchev–Trinajstić information content (AvgIpc) is 3.25. The van der Waals surface area contributed by atoms with Gasteiger partial charge in [-0.2, -0.15) is 38.6 Å². The lowest BCUT2D eigenvalue weighted by atomic mass is 10.0. The van der Waals surface area contributed by atoms with Crippen LogP contribution in [0.3, 0.4) is 0 Å². The number of halogens is 3. The lowest BCUT2D eigenvalue weighted by Gasteiger charge is -2.36. The lowest BCUT2D eigenvalue weighted by Crippen LogP contribution is -2.53. The third-order valence-electron chi connectivity index (χ3n) is 7.19. The van der Waals surface area contributed by atoms with Gasteiger partial charge in [-0.05, 0) is 50.0 Å². The van der Waals surface area contributed by atoms with Crippen LogP contribution in [0.25, 0.3) is 0 Å². The number of benzene rings is 1. The number of rotatable bonds is 11. The fourth-order valence-corrected chi connectivity index (χ4v) is 6.81. The number of allylic oxidation sites excluding steroid dienone is 1. The van der Waals surface area contributed by atoms with Crippen molar-refractivity contribution in [3.63, 3.8) is 0 Å². The van der Waals surface area contributed by atoms with E-state index < -0.39 is 56.2 Å². The Morgan fingerprint density at radius 2 is 1.74 bits per heavy atom. The zero-order valence-electron chi connectivity index (χ0n) is 23.9. The summed E-state index contributed by atoms with van der Waals surface area (Å²) in [6.45, 7) is 1.65. The number of amides is 1. The topological polar surface area (TPSA) is 132 Å². The summed E-state index contributed by atoms with van der Waals surface area (Å²) < 4.78 is 111. The van der Waals surface area contributed by atoms with E-state index in [1.807, 2.05) is 0 Å². The highest BCUT2D eigenvalue weighted by molar-refractivity contribution is 7.87. The van der Waals surface area contributed by atoms with E-state index in [2.05, 4.69) is 4.18 Å². The first-order valence-corrected chi connectivity index (χ1v) is 15.8. The number of likely N-dealkylation sites (tertiary alicyclic amines) is 1. The molecule has 1 aliphatic carbocycles. The second-order valence-corrected chi connectivity index (χ2v) is 13.8. The molecule has 1 heterocycles. The molecule has 12 nitrogen and oxygen atoms in total. The standard InChI is InChI=1S/C25H36F3N3O9S2/c1-17-14-22(30(42(35,36)29(2)3)15-18-6-8-19(37-4)9-7-18)23(31(17)24(32)38-5)16-39-20-10-12-21(13-11-20)40-41(33,34)25(26,27)28/h6-9,12,17,20,22-23H,10-11,13-16H2,1-5H3/t17-,20-,22+,23+/m1/s1. The molecule has 0 aromatic heterocycles. The Balaban J connectivity index is 1.84. The zero-order chi connectivity index (χ0) is 31.5. The minimum absolute atomic E-state index is 0.00600. The van der Waals surface area contributed by atoms with Crippen molar-refractivity contribution < 1.29 is 53.2 Å². The first kappa shape index (κ1) is 33.9. The highest BCUT2D eigenvalue weighted by Crippen LogP contribution is 2.35. The molecular formula is C25H36F3N3O9S2. The van der Waals surface area contributed by atoms with Gasteiger partial charge in [-0.1, -0.05) is 12.1 Å². The molecule has 1 saturated heterocycles. The van der Waals surface area contributed by atoms with Crippen LogP contribution in [0.2, 0.25) is 0 Å². The molecule has 0 bridgehead atoms. The fraction of sp³-hybridized carbons (Fsp3) is 0.640. The Kier molecular flexibility index (Phi) is 10.8. The van der Waals surface area contributed by atoms with Gasteiger partial charge in [-0.3, -0.25) is 4.90 Å². The van der Waals surface area contributed by atoms with Crippen LogP contribution in [0.1, 0.15) is 38.2 Å². The van der Waals surface area contributed by atoms with E-state index in [1.54, 1.807) is 31.2 Å². The largest absolute Gasteiger partial charge is 0.534 e. The first-order chi connectivity index (χ1) is 19.5. The third-order valence-corrected chi connectivity index (χ3v) is 10.1. The van der Waals surface area contributed by atoms with Gasteiger partial charge in [0, 0.05) is 33.1 Å². The third kappa shape index (κ3) is 7.67. The summed E-state index contributed by atoms with van der Waals surface area (Å²) in [6.07, 6.45) is 0.379. The Labute approximate surface area is 244 Å². The van der Waals surface area contributed by atoms with E-state index in [0.717, 1.165) is 4.31 Å². The van der Waals surface area contributed by atoms with Crippen molar-refractivity contribution in [2.45, 2.75) is 68.9 Å². The summed E-state index contributed by atoms with van der Waals surface area (Å²) in [7, 11) is -4.23. The van der Waals surface area contributed by atoms with Crippen molar-refractivity contribution >= 4 is 26.4 Å². The lowest BCUT2D eigenvalue weighted by molar-refractivity contribution is -0.0527. The number of carbonyl (C=O) groups is 1. The summed E-state index contributed by atoms with van der Waals surface area (Å²) in [4.78, 5) is 14.2. The monoisotopic (exact) mass is 643 g/mol. The number of hydrogen-bond donors (Lipinski definition) is 0. The van der Waals surface area contributed by atoms with Crippen LogP contribution in [-0.4, -0.2) is 101 Å². The van der Waals surface area contributed by atoms with Crippen molar-refractivity contribution in [3.05, 3.63) is 41.7 Å². The first-order valence-electron chi connectivity index (χ1n) is 13.0. The van der Waals surface area contributed by atoms with E-state index in [9.17, 15) is 34.8 Å². The fourth-order valence-electron chi connectivity index (χ4n) is 4.98. The van der Waals surface area contributed by atoms with Crippen LogP contribution >= 0.6 is 0 Å². The molecule has 1 fully saturated rings. The molecule has 0 N–H and O–H groups in total. The summed E-state index contributed by atoms with van der Waals surface area (Å²) >= 11 is 0. The SMILES string of the molecule is COC(=O)N1[C@H](C)C[C@H](N(Cc2ccc(OC)cc2)S(=O)(=O)N(C)C)[C@@H]1CO[C@@H]1CC=C(OS(=O)(=O)C(F)(F)F)CC1. The number of nitrogens with zero attached hydrogens (tertiary/aromatic N) is 3. The van der Waals surface area contributed by atoms with E-state index in [1.165, 1.54) is 43.6 Å². The van der Waals surface area contributed by atoms with E-state index in [-0.39, 0.29) is 44.6 Å². The maximum absolute atomic E-state index is 13.6. The molecule has 0 saturated carbocycles. The smallest absolute Gasteiger partial charge is 0.497 e. The number of hydrogen-bond acceptors (Lipinski definition) is 9. The van der Waals surface area contributed by atoms with Crippen molar-refractivity contribution in [2.75, 3.05) is 34.9 Å². The van der Waals surface area contributed by atoms with Crippen LogP contribution < -0.4 is 4.74 Å². The summed E-state index contributed by atoms with van der Waals surface area (Å²) in [6, 6.07) is 5.01. The average molecular weight is 644 g/mol. The molecule has 0 unspecified atom stereocenters. The Bertz CT molecular complexity index is 1340. The molecule has 1 aromatic carbocycles. The van der Waals surface area contributed by atoms with Gasteiger partial charge in [0.2, 0.25) is 0 Å². The molecule has 0 spiro atoms. The number of methoxy groups -OCH3 is 2. The van der Waals surface area contributed by atoms with Gasteiger partial charge < -0.3 is 18.4 Å². The van der Waals surface area contributed by atoms with Crippen LogP contribution in [0, 0.1) is 0 Å². The van der Waals surface area contributed by atoms with Crippen molar-refractivity contribution in [1.82, 2.24) is 13.5 Å². The second-order valence-electron chi connectivity index (χ2n) is 10.2. The minimum Gasteiger partial charge on any atom is -0.497 e. The predicted octanol–water partition coefficient (Wildman–Crippen LogP) is 3.22. The second kappa shape index (κ2) is 13.4.